The molecule has 232 valence electrons. The molecule has 1 spiro atoms. The average molecular weight is 593 g/mol. The van der Waals surface area contributed by atoms with Crippen LogP contribution in [0.1, 0.15) is 75.1 Å². The molecule has 2 aliphatic heterocycles. The number of hydrogen-bond acceptors (Lipinski definition) is 5. The van der Waals surface area contributed by atoms with Crippen molar-refractivity contribution in [2.75, 3.05) is 39.3 Å². The second-order valence-corrected chi connectivity index (χ2v) is 13.6. The highest BCUT2D eigenvalue weighted by molar-refractivity contribution is 6.00. The Bertz CT molecular complexity index is 1410. The minimum Gasteiger partial charge on any atom is -0.387 e. The molecule has 9 heteroatoms. The standard InChI is InChI=1S/C34H45FN4O4/c1-24(19-25-7-6-8-25)31(41)38-16-13-34(43,33(22-38)11-4-5-12-33)23-39-21-28(32(42)37-17-14-36-15-18-37)27(20-30(39)40)26-9-2-3-10-29(26)35/h2-3,9-10,20-21,24-25,36,43H,4-8,11-19,22-23H2,1H3/t24-,34+/m1/s1. The van der Waals surface area contributed by atoms with Gasteiger partial charge in [0.2, 0.25) is 5.91 Å². The zero-order valence-electron chi connectivity index (χ0n) is 25.3. The van der Waals surface area contributed by atoms with E-state index in [1.54, 1.807) is 23.1 Å². The first kappa shape index (κ1) is 30.0. The van der Waals surface area contributed by atoms with E-state index in [9.17, 15) is 23.9 Å². The fourth-order valence-corrected chi connectivity index (χ4v) is 8.02. The normalized spacial score (nSPS) is 24.6. The number of likely N-dealkylation sites (tertiary alicyclic amines) is 1. The third-order valence-corrected chi connectivity index (χ3v) is 10.8. The maximum absolute atomic E-state index is 15.0. The van der Waals surface area contributed by atoms with Crippen molar-refractivity contribution in [2.45, 2.75) is 76.9 Å². The number of hydrogen-bond donors (Lipinski definition) is 2. The molecule has 43 heavy (non-hydrogen) atoms. The number of nitrogens with one attached hydrogen (secondary N) is 1. The predicted octanol–water partition coefficient (Wildman–Crippen LogP) is 4.05. The van der Waals surface area contributed by atoms with Crippen molar-refractivity contribution in [3.63, 3.8) is 0 Å². The van der Waals surface area contributed by atoms with Gasteiger partial charge in [0.25, 0.3) is 11.5 Å². The van der Waals surface area contributed by atoms with Gasteiger partial charge in [-0.1, -0.05) is 57.2 Å². The van der Waals surface area contributed by atoms with Crippen molar-refractivity contribution in [3.05, 3.63) is 58.3 Å². The Balaban J connectivity index is 1.31. The number of amides is 2. The van der Waals surface area contributed by atoms with E-state index in [2.05, 4.69) is 5.32 Å². The molecule has 2 aliphatic carbocycles. The number of rotatable bonds is 7. The highest BCUT2D eigenvalue weighted by Crippen LogP contribution is 2.52. The highest BCUT2D eigenvalue weighted by Gasteiger charge is 2.56. The Hall–Kier alpha value is -3.04. The van der Waals surface area contributed by atoms with Crippen LogP contribution in [0.2, 0.25) is 0 Å². The molecule has 2 amide bonds. The lowest BCUT2D eigenvalue weighted by Gasteiger charge is -2.53. The number of piperazine rings is 1. The van der Waals surface area contributed by atoms with E-state index < -0.39 is 16.8 Å². The molecule has 2 atom stereocenters. The molecule has 3 heterocycles. The summed E-state index contributed by atoms with van der Waals surface area (Å²) in [7, 11) is 0. The quantitative estimate of drug-likeness (QED) is 0.506. The molecule has 6 rings (SSSR count). The number of piperidine rings is 1. The Morgan fingerprint density at radius 1 is 1.02 bits per heavy atom. The lowest BCUT2D eigenvalue weighted by molar-refractivity contribution is -0.163. The van der Waals surface area contributed by atoms with Crippen LogP contribution in [-0.4, -0.2) is 76.2 Å². The Kier molecular flexibility index (Phi) is 8.48. The van der Waals surface area contributed by atoms with E-state index in [0.29, 0.717) is 51.6 Å². The van der Waals surface area contributed by atoms with Gasteiger partial charge in [-0.25, -0.2) is 4.39 Å². The second-order valence-electron chi connectivity index (χ2n) is 13.6. The van der Waals surface area contributed by atoms with Gasteiger partial charge >= 0.3 is 0 Å². The van der Waals surface area contributed by atoms with Gasteiger partial charge in [0.15, 0.2) is 0 Å². The molecule has 2 saturated heterocycles. The molecule has 4 aliphatic rings. The van der Waals surface area contributed by atoms with Gasteiger partial charge in [0.1, 0.15) is 5.82 Å². The molecule has 2 saturated carbocycles. The summed E-state index contributed by atoms with van der Waals surface area (Å²) in [5.41, 5.74) is -1.37. The van der Waals surface area contributed by atoms with Gasteiger partial charge in [0, 0.05) is 74.0 Å². The smallest absolute Gasteiger partial charge is 0.256 e. The second kappa shape index (κ2) is 12.2. The van der Waals surface area contributed by atoms with E-state index in [1.807, 2.05) is 11.8 Å². The number of aromatic nitrogens is 1. The molecular weight excluding hydrogens is 547 g/mol. The van der Waals surface area contributed by atoms with Gasteiger partial charge in [0.05, 0.1) is 17.7 Å². The van der Waals surface area contributed by atoms with Crippen LogP contribution >= 0.6 is 0 Å². The first-order chi connectivity index (χ1) is 20.7. The topological polar surface area (TPSA) is 94.9 Å². The van der Waals surface area contributed by atoms with Crippen LogP contribution in [0.15, 0.2) is 41.3 Å². The minimum atomic E-state index is -1.21. The van der Waals surface area contributed by atoms with Crippen molar-refractivity contribution in [1.82, 2.24) is 19.7 Å². The zero-order chi connectivity index (χ0) is 30.2. The van der Waals surface area contributed by atoms with Crippen molar-refractivity contribution >= 4 is 11.8 Å². The SMILES string of the molecule is C[C@H](CC1CCC1)C(=O)N1CC[C@](O)(Cn2cc(C(=O)N3CCNCC3)c(-c3ccccc3F)cc2=O)C2(CCCC2)C1. The molecule has 0 radical (unpaired) electrons. The Labute approximate surface area is 253 Å². The van der Waals surface area contributed by atoms with Gasteiger partial charge in [-0.2, -0.15) is 0 Å². The fraction of sp³-hybridized carbons (Fsp3) is 0.618. The summed E-state index contributed by atoms with van der Waals surface area (Å²) in [6.07, 6.45) is 10.0. The molecule has 2 aromatic rings. The number of benzene rings is 1. The summed E-state index contributed by atoms with van der Waals surface area (Å²) in [4.78, 5) is 44.7. The van der Waals surface area contributed by atoms with Crippen molar-refractivity contribution < 1.29 is 19.1 Å². The van der Waals surface area contributed by atoms with E-state index in [-0.39, 0.29) is 46.5 Å². The third kappa shape index (κ3) is 5.78. The molecule has 0 bridgehead atoms. The largest absolute Gasteiger partial charge is 0.387 e. The van der Waals surface area contributed by atoms with Crippen LogP contribution in [0.5, 0.6) is 0 Å². The van der Waals surface area contributed by atoms with Gasteiger partial charge < -0.3 is 24.8 Å². The molecule has 4 fully saturated rings. The summed E-state index contributed by atoms with van der Waals surface area (Å²) < 4.78 is 16.4. The van der Waals surface area contributed by atoms with Crippen LogP contribution in [0, 0.1) is 23.1 Å². The van der Waals surface area contributed by atoms with E-state index >= 15 is 0 Å². The van der Waals surface area contributed by atoms with Gasteiger partial charge in [-0.15, -0.1) is 0 Å². The van der Waals surface area contributed by atoms with E-state index in [0.717, 1.165) is 32.1 Å². The van der Waals surface area contributed by atoms with Crippen molar-refractivity contribution in [3.8, 4) is 11.1 Å². The summed E-state index contributed by atoms with van der Waals surface area (Å²) in [6.45, 7) is 5.37. The molecule has 2 N–H and O–H groups in total. The van der Waals surface area contributed by atoms with Crippen LogP contribution in [-0.2, 0) is 11.3 Å². The number of pyridine rings is 1. The van der Waals surface area contributed by atoms with Gasteiger partial charge in [-0.05, 0) is 37.7 Å². The Morgan fingerprint density at radius 3 is 2.42 bits per heavy atom. The first-order valence-corrected chi connectivity index (χ1v) is 16.2. The first-order valence-electron chi connectivity index (χ1n) is 16.2. The van der Waals surface area contributed by atoms with Crippen LogP contribution in [0.25, 0.3) is 11.1 Å². The number of halogens is 1. The van der Waals surface area contributed by atoms with E-state index in [1.165, 1.54) is 42.2 Å². The number of nitrogens with zero attached hydrogens (tertiary/aromatic N) is 3. The van der Waals surface area contributed by atoms with Crippen molar-refractivity contribution in [1.29, 1.82) is 0 Å². The maximum atomic E-state index is 15.0. The molecule has 0 unspecified atom stereocenters. The average Bonchev–Trinajstić information content (AvgIpc) is 3.47. The Morgan fingerprint density at radius 2 is 1.74 bits per heavy atom. The summed E-state index contributed by atoms with van der Waals surface area (Å²) >= 11 is 0. The summed E-state index contributed by atoms with van der Waals surface area (Å²) in [6, 6.07) is 7.54. The maximum Gasteiger partial charge on any atom is 0.256 e. The lowest BCUT2D eigenvalue weighted by atomic mass is 9.65. The fourth-order valence-electron chi connectivity index (χ4n) is 8.02. The number of carbonyl (C=O) groups excluding carboxylic acids is 2. The van der Waals surface area contributed by atoms with Crippen LogP contribution in [0.3, 0.4) is 0 Å². The van der Waals surface area contributed by atoms with Crippen molar-refractivity contribution in [2.24, 2.45) is 17.3 Å². The monoisotopic (exact) mass is 592 g/mol. The number of carbonyl (C=O) groups is 2. The highest BCUT2D eigenvalue weighted by atomic mass is 19.1. The number of aliphatic hydroxyl groups is 1. The van der Waals surface area contributed by atoms with Crippen LogP contribution in [0.4, 0.5) is 4.39 Å². The van der Waals surface area contributed by atoms with E-state index in [4.69, 9.17) is 0 Å². The van der Waals surface area contributed by atoms with Gasteiger partial charge in [-0.3, -0.25) is 14.4 Å². The molecule has 1 aromatic carbocycles. The van der Waals surface area contributed by atoms with Crippen LogP contribution < -0.4 is 10.9 Å². The third-order valence-electron chi connectivity index (χ3n) is 10.8. The molecule has 1 aromatic heterocycles. The summed E-state index contributed by atoms with van der Waals surface area (Å²) in [5.74, 6) is 0.0501. The molecule has 8 nitrogen and oxygen atoms in total. The lowest BCUT2D eigenvalue weighted by Crippen LogP contribution is -2.62. The predicted molar refractivity (Wildman–Crippen MR) is 163 cm³/mol. The zero-order valence-corrected chi connectivity index (χ0v) is 25.3. The molecular formula is C34H45FN4O4. The summed E-state index contributed by atoms with van der Waals surface area (Å²) in [5, 5.41) is 15.6. The minimum absolute atomic E-state index is 0.0259.